The number of nitrogens with zero attached hydrogens (tertiary/aromatic N) is 4. The lowest BCUT2D eigenvalue weighted by Crippen LogP contribution is -2.39. The van der Waals surface area contributed by atoms with Gasteiger partial charge in [0.25, 0.3) is 5.91 Å². The lowest BCUT2D eigenvalue weighted by molar-refractivity contribution is 0.0601. The largest absolute Gasteiger partial charge is 0.356 e. The molecule has 1 amide bonds. The van der Waals surface area contributed by atoms with E-state index in [2.05, 4.69) is 15.1 Å². The van der Waals surface area contributed by atoms with Crippen LogP contribution in [0.3, 0.4) is 0 Å². The Bertz CT molecular complexity index is 1060. The number of piperidine rings is 1. The first-order chi connectivity index (χ1) is 14.0. The van der Waals surface area contributed by atoms with Gasteiger partial charge in [0.1, 0.15) is 11.6 Å². The second kappa shape index (κ2) is 7.73. The summed E-state index contributed by atoms with van der Waals surface area (Å²) in [6.45, 7) is 6.19. The van der Waals surface area contributed by atoms with Crippen molar-refractivity contribution in [1.82, 2.24) is 20.0 Å². The normalized spacial score (nSPS) is 16.8. The molecular weight excluding hydrogens is 371 g/mol. The van der Waals surface area contributed by atoms with Crippen LogP contribution in [0.2, 0.25) is 0 Å². The van der Waals surface area contributed by atoms with Gasteiger partial charge in [-0.05, 0) is 52.2 Å². The predicted molar refractivity (Wildman–Crippen MR) is 106 cm³/mol. The summed E-state index contributed by atoms with van der Waals surface area (Å²) >= 11 is 0. The molecule has 3 aromatic rings. The lowest BCUT2D eigenvalue weighted by atomic mass is 9.94. The number of aromatic nitrogens is 3. The number of hydrogen-bond acceptors (Lipinski definition) is 5. The SMILES string of the molecule is Cc1ncc(-c2onc(C)c2C)c([C@H]2CCCCN2C(=O)c2ccccc2F)n1. The van der Waals surface area contributed by atoms with E-state index < -0.39 is 5.82 Å². The molecule has 4 rings (SSSR count). The molecule has 0 spiro atoms. The minimum absolute atomic E-state index is 0.0819. The van der Waals surface area contributed by atoms with E-state index in [1.807, 2.05) is 20.8 Å². The Labute approximate surface area is 168 Å². The average molecular weight is 394 g/mol. The molecule has 3 heterocycles. The number of benzene rings is 1. The Hall–Kier alpha value is -3.09. The van der Waals surface area contributed by atoms with Crippen LogP contribution >= 0.6 is 0 Å². The van der Waals surface area contributed by atoms with Crippen LogP contribution in [-0.2, 0) is 0 Å². The molecule has 6 nitrogen and oxygen atoms in total. The molecule has 150 valence electrons. The van der Waals surface area contributed by atoms with Crippen LogP contribution in [0.5, 0.6) is 0 Å². The molecule has 7 heteroatoms. The van der Waals surface area contributed by atoms with Crippen LogP contribution in [0.15, 0.2) is 35.0 Å². The van der Waals surface area contributed by atoms with E-state index in [0.717, 1.165) is 41.8 Å². The Morgan fingerprint density at radius 3 is 2.72 bits per heavy atom. The molecule has 1 aliphatic rings. The molecule has 0 aliphatic carbocycles. The van der Waals surface area contributed by atoms with Crippen molar-refractivity contribution in [1.29, 1.82) is 0 Å². The van der Waals surface area contributed by atoms with Crippen molar-refractivity contribution in [3.8, 4) is 11.3 Å². The minimum atomic E-state index is -0.511. The minimum Gasteiger partial charge on any atom is -0.356 e. The maximum atomic E-state index is 14.3. The Morgan fingerprint density at radius 2 is 2.00 bits per heavy atom. The fourth-order valence-corrected chi connectivity index (χ4v) is 3.83. The van der Waals surface area contributed by atoms with E-state index >= 15 is 0 Å². The third-order valence-corrected chi connectivity index (χ3v) is 5.52. The van der Waals surface area contributed by atoms with Gasteiger partial charge in [-0.1, -0.05) is 17.3 Å². The first kappa shape index (κ1) is 19.2. The van der Waals surface area contributed by atoms with E-state index in [1.54, 1.807) is 23.2 Å². The zero-order valence-corrected chi connectivity index (χ0v) is 16.8. The molecule has 1 fully saturated rings. The van der Waals surface area contributed by atoms with Crippen LogP contribution in [0, 0.1) is 26.6 Å². The van der Waals surface area contributed by atoms with Crippen molar-refractivity contribution in [2.75, 3.05) is 6.54 Å². The molecule has 0 N–H and O–H groups in total. The van der Waals surface area contributed by atoms with Crippen molar-refractivity contribution in [2.24, 2.45) is 0 Å². The fourth-order valence-electron chi connectivity index (χ4n) is 3.83. The Morgan fingerprint density at radius 1 is 1.21 bits per heavy atom. The summed E-state index contributed by atoms with van der Waals surface area (Å²) in [5, 5.41) is 4.05. The van der Waals surface area contributed by atoms with Crippen molar-refractivity contribution in [3.63, 3.8) is 0 Å². The topological polar surface area (TPSA) is 72.1 Å². The number of amides is 1. The molecule has 0 saturated carbocycles. The molecule has 1 atom stereocenters. The highest BCUT2D eigenvalue weighted by atomic mass is 19.1. The summed E-state index contributed by atoms with van der Waals surface area (Å²) in [4.78, 5) is 24.0. The summed E-state index contributed by atoms with van der Waals surface area (Å²) in [7, 11) is 0. The summed E-state index contributed by atoms with van der Waals surface area (Å²) < 4.78 is 19.9. The quantitative estimate of drug-likeness (QED) is 0.651. The summed E-state index contributed by atoms with van der Waals surface area (Å²) in [5.41, 5.74) is 3.25. The fraction of sp³-hybridized carbons (Fsp3) is 0.364. The highest BCUT2D eigenvalue weighted by Gasteiger charge is 2.33. The van der Waals surface area contributed by atoms with Gasteiger partial charge in [-0.25, -0.2) is 14.4 Å². The first-order valence-electron chi connectivity index (χ1n) is 9.79. The maximum Gasteiger partial charge on any atom is 0.257 e. The number of hydrogen-bond donors (Lipinski definition) is 0. The standard InChI is InChI=1S/C22H23FN4O2/c1-13-14(2)26-29-21(13)17-12-24-15(3)25-20(17)19-10-6-7-11-27(19)22(28)16-8-4-5-9-18(16)23/h4-5,8-9,12,19H,6-7,10-11H2,1-3H3/t19-/m1/s1. The van der Waals surface area contributed by atoms with Crippen molar-refractivity contribution < 1.29 is 13.7 Å². The van der Waals surface area contributed by atoms with Gasteiger partial charge in [0.05, 0.1) is 28.6 Å². The van der Waals surface area contributed by atoms with Gasteiger partial charge >= 0.3 is 0 Å². The third-order valence-electron chi connectivity index (χ3n) is 5.52. The monoisotopic (exact) mass is 394 g/mol. The average Bonchev–Trinajstić information content (AvgIpc) is 3.06. The predicted octanol–water partition coefficient (Wildman–Crippen LogP) is 4.56. The maximum absolute atomic E-state index is 14.3. The second-order valence-corrected chi connectivity index (χ2v) is 7.43. The van der Waals surface area contributed by atoms with Gasteiger partial charge in [0.15, 0.2) is 5.76 Å². The molecule has 1 aliphatic heterocycles. The number of halogens is 1. The summed E-state index contributed by atoms with van der Waals surface area (Å²) in [6.07, 6.45) is 4.31. The van der Waals surface area contributed by atoms with Gasteiger partial charge in [-0.2, -0.15) is 0 Å². The number of likely N-dealkylation sites (tertiary alicyclic amines) is 1. The molecule has 2 aromatic heterocycles. The summed E-state index contributed by atoms with van der Waals surface area (Å²) in [6, 6.07) is 5.82. The van der Waals surface area contributed by atoms with E-state index in [9.17, 15) is 9.18 Å². The van der Waals surface area contributed by atoms with Crippen LogP contribution in [0.25, 0.3) is 11.3 Å². The first-order valence-corrected chi connectivity index (χ1v) is 9.79. The highest BCUT2D eigenvalue weighted by molar-refractivity contribution is 5.95. The van der Waals surface area contributed by atoms with Gasteiger partial charge in [0, 0.05) is 18.3 Å². The zero-order valence-electron chi connectivity index (χ0n) is 16.8. The Balaban J connectivity index is 1.80. The van der Waals surface area contributed by atoms with E-state index in [-0.39, 0.29) is 17.5 Å². The number of carbonyl (C=O) groups is 1. The molecule has 0 unspecified atom stereocenters. The smallest absolute Gasteiger partial charge is 0.257 e. The van der Waals surface area contributed by atoms with Crippen molar-refractivity contribution in [2.45, 2.75) is 46.1 Å². The molecule has 1 saturated heterocycles. The lowest BCUT2D eigenvalue weighted by Gasteiger charge is -2.36. The number of aryl methyl sites for hydroxylation is 2. The van der Waals surface area contributed by atoms with E-state index in [1.165, 1.54) is 12.1 Å². The van der Waals surface area contributed by atoms with Crippen molar-refractivity contribution in [3.05, 3.63) is 64.6 Å². The second-order valence-electron chi connectivity index (χ2n) is 7.43. The molecule has 1 aromatic carbocycles. The van der Waals surface area contributed by atoms with Gasteiger partial charge in [-0.15, -0.1) is 0 Å². The zero-order chi connectivity index (χ0) is 20.5. The van der Waals surface area contributed by atoms with Crippen LogP contribution in [-0.4, -0.2) is 32.5 Å². The van der Waals surface area contributed by atoms with Gasteiger partial charge in [-0.3, -0.25) is 4.79 Å². The molecule has 0 radical (unpaired) electrons. The van der Waals surface area contributed by atoms with Gasteiger partial charge in [0.2, 0.25) is 0 Å². The number of carbonyl (C=O) groups excluding carboxylic acids is 1. The molecule has 29 heavy (non-hydrogen) atoms. The molecule has 0 bridgehead atoms. The van der Waals surface area contributed by atoms with Gasteiger partial charge < -0.3 is 9.42 Å². The summed E-state index contributed by atoms with van der Waals surface area (Å²) in [5.74, 6) is 0.394. The highest BCUT2D eigenvalue weighted by Crippen LogP contribution is 2.38. The molecular formula is C22H23FN4O2. The van der Waals surface area contributed by atoms with E-state index in [4.69, 9.17) is 4.52 Å². The van der Waals surface area contributed by atoms with Crippen LogP contribution in [0.1, 0.15) is 58.4 Å². The van der Waals surface area contributed by atoms with Crippen molar-refractivity contribution >= 4 is 5.91 Å². The van der Waals surface area contributed by atoms with Crippen LogP contribution < -0.4 is 0 Å². The van der Waals surface area contributed by atoms with E-state index in [0.29, 0.717) is 18.1 Å². The Kier molecular flexibility index (Phi) is 5.13. The number of rotatable bonds is 3. The van der Waals surface area contributed by atoms with Crippen LogP contribution in [0.4, 0.5) is 4.39 Å². The third kappa shape index (κ3) is 3.52.